The van der Waals surface area contributed by atoms with E-state index in [1.807, 2.05) is 0 Å². The summed E-state index contributed by atoms with van der Waals surface area (Å²) in [6.07, 6.45) is 1.85. The quantitative estimate of drug-likeness (QED) is 0.608. The maximum atomic E-state index is 12.9. The van der Waals surface area contributed by atoms with Gasteiger partial charge in [0, 0.05) is 19.6 Å². The van der Waals surface area contributed by atoms with E-state index in [9.17, 15) is 9.18 Å². The predicted octanol–water partition coefficient (Wildman–Crippen LogP) is 1.83. The first kappa shape index (κ1) is 17.4. The van der Waals surface area contributed by atoms with Crippen LogP contribution >= 0.6 is 0 Å². The van der Waals surface area contributed by atoms with Crippen LogP contribution in [0.2, 0.25) is 0 Å². The molecule has 6 heteroatoms. The minimum Gasteiger partial charge on any atom is -0.397 e. The molecule has 0 aromatic heterocycles. The van der Waals surface area contributed by atoms with Crippen LogP contribution in [-0.4, -0.2) is 42.2 Å². The normalized spacial score (nSPS) is 10.9. The molecule has 118 valence electrons. The Bertz CT molecular complexity index is 455. The Morgan fingerprint density at radius 1 is 1.38 bits per heavy atom. The number of hydrogen-bond donors (Lipinski definition) is 3. The summed E-state index contributed by atoms with van der Waals surface area (Å²) in [5.74, 6) is -0.556. The zero-order valence-electron chi connectivity index (χ0n) is 12.4. The second kappa shape index (κ2) is 9.31. The van der Waals surface area contributed by atoms with Gasteiger partial charge in [0.1, 0.15) is 5.82 Å². The van der Waals surface area contributed by atoms with Gasteiger partial charge in [-0.15, -0.1) is 0 Å². The van der Waals surface area contributed by atoms with Crippen molar-refractivity contribution >= 4 is 17.3 Å². The van der Waals surface area contributed by atoms with Gasteiger partial charge in [0.25, 0.3) is 0 Å². The van der Waals surface area contributed by atoms with Crippen LogP contribution in [0.5, 0.6) is 0 Å². The molecule has 1 aromatic rings. The lowest BCUT2D eigenvalue weighted by atomic mass is 10.2. The van der Waals surface area contributed by atoms with E-state index in [1.54, 1.807) is 0 Å². The van der Waals surface area contributed by atoms with Crippen molar-refractivity contribution in [3.8, 4) is 0 Å². The highest BCUT2D eigenvalue weighted by Crippen LogP contribution is 2.19. The highest BCUT2D eigenvalue weighted by atomic mass is 19.1. The van der Waals surface area contributed by atoms with Crippen molar-refractivity contribution < 1.29 is 14.3 Å². The average Bonchev–Trinajstić information content (AvgIpc) is 2.45. The Morgan fingerprint density at radius 2 is 2.10 bits per heavy atom. The third-order valence-corrected chi connectivity index (χ3v) is 3.25. The van der Waals surface area contributed by atoms with Crippen molar-refractivity contribution in [3.05, 3.63) is 24.0 Å². The van der Waals surface area contributed by atoms with Crippen molar-refractivity contribution in [1.82, 2.24) is 4.90 Å². The molecule has 1 rings (SSSR count). The zero-order valence-corrected chi connectivity index (χ0v) is 12.4. The highest BCUT2D eigenvalue weighted by molar-refractivity contribution is 5.93. The number of nitrogen functional groups attached to an aromatic ring is 1. The highest BCUT2D eigenvalue weighted by Gasteiger charge is 2.07. The van der Waals surface area contributed by atoms with Gasteiger partial charge in [-0.25, -0.2) is 4.39 Å². The molecule has 0 saturated carbocycles. The number of hydrogen-bond acceptors (Lipinski definition) is 4. The molecular weight excluding hydrogens is 273 g/mol. The first-order chi connectivity index (χ1) is 10.1. The first-order valence-electron chi connectivity index (χ1n) is 7.25. The molecule has 0 aliphatic heterocycles. The van der Waals surface area contributed by atoms with Gasteiger partial charge in [-0.1, -0.05) is 6.92 Å². The third-order valence-electron chi connectivity index (χ3n) is 3.25. The van der Waals surface area contributed by atoms with Crippen LogP contribution in [-0.2, 0) is 4.79 Å². The summed E-state index contributed by atoms with van der Waals surface area (Å²) < 4.78 is 12.9. The number of nitrogens with two attached hydrogens (primary N) is 1. The standard InChI is InChI=1S/C15H24FN3O2/c1-2-19(9-4-10-20)8-3-5-15(21)18-14-7-6-12(16)11-13(14)17/h6-7,11,20H,2-5,8-10,17H2,1H3,(H,18,21). The number of benzene rings is 1. The maximum absolute atomic E-state index is 12.9. The van der Waals surface area contributed by atoms with E-state index in [1.165, 1.54) is 18.2 Å². The molecule has 0 fully saturated rings. The number of aliphatic hydroxyl groups excluding tert-OH is 1. The fourth-order valence-electron chi connectivity index (χ4n) is 2.05. The van der Waals surface area contributed by atoms with Crippen LogP contribution in [0.1, 0.15) is 26.2 Å². The molecule has 0 unspecified atom stereocenters. The Morgan fingerprint density at radius 3 is 2.71 bits per heavy atom. The van der Waals surface area contributed by atoms with Gasteiger partial charge in [0.05, 0.1) is 11.4 Å². The van der Waals surface area contributed by atoms with Gasteiger partial charge < -0.3 is 21.1 Å². The summed E-state index contributed by atoms with van der Waals surface area (Å²) in [4.78, 5) is 14.0. The number of rotatable bonds is 9. The van der Waals surface area contributed by atoms with Gasteiger partial charge in [-0.05, 0) is 44.1 Å². The number of amides is 1. The summed E-state index contributed by atoms with van der Waals surface area (Å²) in [5.41, 5.74) is 6.30. The molecule has 0 heterocycles. The summed E-state index contributed by atoms with van der Waals surface area (Å²) >= 11 is 0. The number of carbonyl (C=O) groups excluding carboxylic acids is 1. The number of nitrogens with one attached hydrogen (secondary N) is 1. The Balaban J connectivity index is 2.33. The topological polar surface area (TPSA) is 78.6 Å². The number of carbonyl (C=O) groups is 1. The lowest BCUT2D eigenvalue weighted by Gasteiger charge is -2.19. The van der Waals surface area contributed by atoms with E-state index in [2.05, 4.69) is 17.1 Å². The molecule has 0 spiro atoms. The molecule has 1 amide bonds. The molecule has 0 radical (unpaired) electrons. The second-order valence-corrected chi connectivity index (χ2v) is 4.89. The summed E-state index contributed by atoms with van der Waals surface area (Å²) in [6, 6.07) is 3.91. The number of nitrogens with zero attached hydrogens (tertiary/aromatic N) is 1. The predicted molar refractivity (Wildman–Crippen MR) is 82.5 cm³/mol. The van der Waals surface area contributed by atoms with Crippen molar-refractivity contribution in [2.24, 2.45) is 0 Å². The zero-order chi connectivity index (χ0) is 15.7. The summed E-state index contributed by atoms with van der Waals surface area (Å²) in [7, 11) is 0. The molecule has 5 nitrogen and oxygen atoms in total. The van der Waals surface area contributed by atoms with E-state index < -0.39 is 5.82 Å². The Labute approximate surface area is 124 Å². The van der Waals surface area contributed by atoms with E-state index >= 15 is 0 Å². The fraction of sp³-hybridized carbons (Fsp3) is 0.533. The van der Waals surface area contributed by atoms with E-state index in [4.69, 9.17) is 10.8 Å². The van der Waals surface area contributed by atoms with E-state index in [-0.39, 0.29) is 18.2 Å². The Hall–Kier alpha value is -1.66. The monoisotopic (exact) mass is 297 g/mol. The fourth-order valence-corrected chi connectivity index (χ4v) is 2.05. The molecular formula is C15H24FN3O2. The summed E-state index contributed by atoms with van der Waals surface area (Å²) in [6.45, 7) is 4.77. The van der Waals surface area contributed by atoms with Crippen LogP contribution in [0.3, 0.4) is 0 Å². The number of halogens is 1. The van der Waals surface area contributed by atoms with Crippen LogP contribution in [0.25, 0.3) is 0 Å². The summed E-state index contributed by atoms with van der Waals surface area (Å²) in [5, 5.41) is 11.5. The van der Waals surface area contributed by atoms with E-state index in [0.29, 0.717) is 12.1 Å². The van der Waals surface area contributed by atoms with Gasteiger partial charge in [-0.2, -0.15) is 0 Å². The minimum atomic E-state index is -0.423. The van der Waals surface area contributed by atoms with Crippen molar-refractivity contribution in [2.45, 2.75) is 26.2 Å². The third kappa shape index (κ3) is 6.55. The molecule has 0 saturated heterocycles. The van der Waals surface area contributed by atoms with Gasteiger partial charge in [0.2, 0.25) is 5.91 Å². The van der Waals surface area contributed by atoms with Crippen LogP contribution in [0.15, 0.2) is 18.2 Å². The molecule has 4 N–H and O–H groups in total. The molecule has 21 heavy (non-hydrogen) atoms. The first-order valence-corrected chi connectivity index (χ1v) is 7.25. The van der Waals surface area contributed by atoms with Crippen LogP contribution in [0, 0.1) is 5.82 Å². The molecule has 0 aliphatic carbocycles. The molecule has 0 atom stereocenters. The number of aliphatic hydroxyl groups is 1. The van der Waals surface area contributed by atoms with Crippen LogP contribution in [0.4, 0.5) is 15.8 Å². The van der Waals surface area contributed by atoms with Gasteiger partial charge in [0.15, 0.2) is 0 Å². The number of anilines is 2. The van der Waals surface area contributed by atoms with Crippen molar-refractivity contribution in [3.63, 3.8) is 0 Å². The molecule has 0 bridgehead atoms. The van der Waals surface area contributed by atoms with E-state index in [0.717, 1.165) is 32.5 Å². The van der Waals surface area contributed by atoms with Crippen molar-refractivity contribution in [2.75, 3.05) is 37.3 Å². The van der Waals surface area contributed by atoms with Gasteiger partial charge in [-0.3, -0.25) is 4.79 Å². The minimum absolute atomic E-state index is 0.133. The molecule has 0 aliphatic rings. The maximum Gasteiger partial charge on any atom is 0.224 e. The van der Waals surface area contributed by atoms with Crippen LogP contribution < -0.4 is 11.1 Å². The lowest BCUT2D eigenvalue weighted by Crippen LogP contribution is -2.27. The average molecular weight is 297 g/mol. The van der Waals surface area contributed by atoms with Crippen molar-refractivity contribution in [1.29, 1.82) is 0 Å². The molecule has 1 aromatic carbocycles. The Kier molecular flexibility index (Phi) is 7.71. The largest absolute Gasteiger partial charge is 0.397 e. The second-order valence-electron chi connectivity index (χ2n) is 4.89. The SMILES string of the molecule is CCN(CCCO)CCCC(=O)Nc1ccc(F)cc1N. The smallest absolute Gasteiger partial charge is 0.224 e. The lowest BCUT2D eigenvalue weighted by molar-refractivity contribution is -0.116. The van der Waals surface area contributed by atoms with Gasteiger partial charge >= 0.3 is 0 Å².